The van der Waals surface area contributed by atoms with Crippen molar-refractivity contribution in [2.45, 2.75) is 13.0 Å². The Kier molecular flexibility index (Phi) is 5.12. The molecule has 0 aliphatic rings. The third-order valence-electron chi connectivity index (χ3n) is 3.29. The molecule has 0 fully saturated rings. The highest BCUT2D eigenvalue weighted by molar-refractivity contribution is 5.14. The van der Waals surface area contributed by atoms with E-state index in [-0.39, 0.29) is 0 Å². The van der Waals surface area contributed by atoms with Gasteiger partial charge in [0.25, 0.3) is 0 Å². The second kappa shape index (κ2) is 7.07. The van der Waals surface area contributed by atoms with Gasteiger partial charge in [0.05, 0.1) is 6.54 Å². The van der Waals surface area contributed by atoms with Gasteiger partial charge in [0.2, 0.25) is 0 Å². The van der Waals surface area contributed by atoms with Crippen LogP contribution in [0.3, 0.4) is 0 Å². The minimum absolute atomic E-state index is 0.680. The SMILES string of the molecule is Cn1ccnc1CN(CCN)CCc1ccccc1. The zero-order valence-electron chi connectivity index (χ0n) is 11.5. The number of hydrogen-bond acceptors (Lipinski definition) is 3. The van der Waals surface area contributed by atoms with Crippen molar-refractivity contribution in [3.05, 3.63) is 54.1 Å². The van der Waals surface area contributed by atoms with Crippen LogP contribution in [0, 0.1) is 0 Å². The van der Waals surface area contributed by atoms with Gasteiger partial charge in [-0.3, -0.25) is 4.90 Å². The summed E-state index contributed by atoms with van der Waals surface area (Å²) >= 11 is 0. The molecule has 19 heavy (non-hydrogen) atoms. The summed E-state index contributed by atoms with van der Waals surface area (Å²) in [5.74, 6) is 1.08. The van der Waals surface area contributed by atoms with E-state index < -0.39 is 0 Å². The smallest absolute Gasteiger partial charge is 0.122 e. The number of rotatable bonds is 7. The molecule has 0 unspecified atom stereocenters. The first kappa shape index (κ1) is 13.8. The van der Waals surface area contributed by atoms with Crippen molar-refractivity contribution < 1.29 is 0 Å². The molecule has 102 valence electrons. The lowest BCUT2D eigenvalue weighted by molar-refractivity contribution is 0.267. The molecule has 0 aliphatic heterocycles. The van der Waals surface area contributed by atoms with Crippen LogP contribution >= 0.6 is 0 Å². The molecule has 1 heterocycles. The summed E-state index contributed by atoms with van der Waals surface area (Å²) in [5.41, 5.74) is 7.06. The molecule has 0 aliphatic carbocycles. The minimum Gasteiger partial charge on any atom is -0.337 e. The van der Waals surface area contributed by atoms with Crippen LogP contribution in [-0.2, 0) is 20.0 Å². The zero-order chi connectivity index (χ0) is 13.5. The largest absolute Gasteiger partial charge is 0.337 e. The Morgan fingerprint density at radius 3 is 2.63 bits per heavy atom. The van der Waals surface area contributed by atoms with Crippen LogP contribution in [0.2, 0.25) is 0 Å². The molecule has 0 saturated carbocycles. The molecule has 0 spiro atoms. The molecule has 0 radical (unpaired) electrons. The average molecular weight is 258 g/mol. The van der Waals surface area contributed by atoms with Crippen LogP contribution in [0.4, 0.5) is 0 Å². The van der Waals surface area contributed by atoms with Crippen molar-refractivity contribution in [1.29, 1.82) is 0 Å². The molecule has 4 nitrogen and oxygen atoms in total. The van der Waals surface area contributed by atoms with Crippen LogP contribution in [0.1, 0.15) is 11.4 Å². The maximum atomic E-state index is 5.70. The molecule has 2 N–H and O–H groups in total. The lowest BCUT2D eigenvalue weighted by atomic mass is 10.1. The molecule has 2 aromatic rings. The summed E-state index contributed by atoms with van der Waals surface area (Å²) in [6.45, 7) is 3.44. The normalized spacial score (nSPS) is 11.1. The van der Waals surface area contributed by atoms with Crippen LogP contribution < -0.4 is 5.73 Å². The highest BCUT2D eigenvalue weighted by Crippen LogP contribution is 2.05. The van der Waals surface area contributed by atoms with E-state index in [2.05, 4.69) is 44.8 Å². The summed E-state index contributed by atoms with van der Waals surface area (Å²) < 4.78 is 2.06. The maximum Gasteiger partial charge on any atom is 0.122 e. The van der Waals surface area contributed by atoms with E-state index in [1.54, 1.807) is 0 Å². The Morgan fingerprint density at radius 1 is 1.21 bits per heavy atom. The lowest BCUT2D eigenvalue weighted by Gasteiger charge is -2.21. The molecule has 0 atom stereocenters. The fourth-order valence-corrected chi connectivity index (χ4v) is 2.13. The van der Waals surface area contributed by atoms with Gasteiger partial charge < -0.3 is 10.3 Å². The third-order valence-corrected chi connectivity index (χ3v) is 3.29. The van der Waals surface area contributed by atoms with E-state index in [1.807, 2.05) is 19.4 Å². The Labute approximate surface area is 114 Å². The topological polar surface area (TPSA) is 47.1 Å². The number of nitrogens with two attached hydrogens (primary N) is 1. The van der Waals surface area contributed by atoms with Crippen LogP contribution in [-0.4, -0.2) is 34.1 Å². The van der Waals surface area contributed by atoms with E-state index in [9.17, 15) is 0 Å². The Morgan fingerprint density at radius 2 is 2.00 bits per heavy atom. The van der Waals surface area contributed by atoms with Crippen molar-refractivity contribution in [2.75, 3.05) is 19.6 Å². The fraction of sp³-hybridized carbons (Fsp3) is 0.400. The maximum absolute atomic E-state index is 5.70. The van der Waals surface area contributed by atoms with E-state index in [0.29, 0.717) is 6.54 Å². The zero-order valence-corrected chi connectivity index (χ0v) is 11.5. The van der Waals surface area contributed by atoms with Gasteiger partial charge in [-0.25, -0.2) is 4.98 Å². The van der Waals surface area contributed by atoms with Gasteiger partial charge in [0.15, 0.2) is 0 Å². The standard InChI is InChI=1S/C15H22N4/c1-18-12-9-17-15(18)13-19(11-8-16)10-7-14-5-3-2-4-6-14/h2-6,9,12H,7-8,10-11,13,16H2,1H3. The van der Waals surface area contributed by atoms with Crippen molar-refractivity contribution >= 4 is 0 Å². The van der Waals surface area contributed by atoms with Gasteiger partial charge in [-0.1, -0.05) is 30.3 Å². The highest BCUT2D eigenvalue weighted by Gasteiger charge is 2.08. The molecule has 1 aromatic carbocycles. The van der Waals surface area contributed by atoms with Gasteiger partial charge in [-0.05, 0) is 12.0 Å². The van der Waals surface area contributed by atoms with Crippen molar-refractivity contribution in [1.82, 2.24) is 14.5 Å². The van der Waals surface area contributed by atoms with Crippen LogP contribution in [0.15, 0.2) is 42.7 Å². The number of benzene rings is 1. The number of aromatic nitrogens is 2. The highest BCUT2D eigenvalue weighted by atomic mass is 15.2. The Hall–Kier alpha value is -1.65. The van der Waals surface area contributed by atoms with Crippen LogP contribution in [0.5, 0.6) is 0 Å². The van der Waals surface area contributed by atoms with E-state index >= 15 is 0 Å². The first-order valence-corrected chi connectivity index (χ1v) is 6.72. The van der Waals surface area contributed by atoms with Gasteiger partial charge in [0, 0.05) is 39.1 Å². The number of hydrogen-bond donors (Lipinski definition) is 1. The monoisotopic (exact) mass is 258 g/mol. The predicted octanol–water partition coefficient (Wildman–Crippen LogP) is 1.42. The first-order chi connectivity index (χ1) is 9.29. The van der Waals surface area contributed by atoms with Gasteiger partial charge in [-0.2, -0.15) is 0 Å². The fourth-order valence-electron chi connectivity index (χ4n) is 2.13. The van der Waals surface area contributed by atoms with Gasteiger partial charge in [0.1, 0.15) is 5.82 Å². The molecular weight excluding hydrogens is 236 g/mol. The molecule has 0 saturated heterocycles. The summed E-state index contributed by atoms with van der Waals surface area (Å²) in [7, 11) is 2.03. The number of imidazole rings is 1. The molecular formula is C15H22N4. The Bertz CT molecular complexity index is 478. The van der Waals surface area contributed by atoms with E-state index in [1.165, 1.54) is 5.56 Å². The quantitative estimate of drug-likeness (QED) is 0.817. The summed E-state index contributed by atoms with van der Waals surface area (Å²) in [6, 6.07) is 10.6. The summed E-state index contributed by atoms with van der Waals surface area (Å²) in [6.07, 6.45) is 4.87. The van der Waals surface area contributed by atoms with E-state index in [4.69, 9.17) is 5.73 Å². The number of nitrogens with zero attached hydrogens (tertiary/aromatic N) is 3. The summed E-state index contributed by atoms with van der Waals surface area (Å²) in [5, 5.41) is 0. The molecule has 0 bridgehead atoms. The van der Waals surface area contributed by atoms with Crippen LogP contribution in [0.25, 0.3) is 0 Å². The predicted molar refractivity (Wildman–Crippen MR) is 77.7 cm³/mol. The van der Waals surface area contributed by atoms with Crippen molar-refractivity contribution in [3.63, 3.8) is 0 Å². The molecule has 2 rings (SSSR count). The van der Waals surface area contributed by atoms with Crippen molar-refractivity contribution in [2.24, 2.45) is 12.8 Å². The number of aryl methyl sites for hydroxylation is 1. The van der Waals surface area contributed by atoms with E-state index in [0.717, 1.165) is 31.9 Å². The summed E-state index contributed by atoms with van der Waals surface area (Å²) in [4.78, 5) is 6.73. The molecule has 4 heteroatoms. The first-order valence-electron chi connectivity index (χ1n) is 6.72. The average Bonchev–Trinajstić information content (AvgIpc) is 2.83. The van der Waals surface area contributed by atoms with Crippen molar-refractivity contribution in [3.8, 4) is 0 Å². The third kappa shape index (κ3) is 4.19. The minimum atomic E-state index is 0.680. The van der Waals surface area contributed by atoms with Gasteiger partial charge in [-0.15, -0.1) is 0 Å². The lowest BCUT2D eigenvalue weighted by Crippen LogP contribution is -2.32. The Balaban J connectivity index is 1.91. The van der Waals surface area contributed by atoms with Gasteiger partial charge >= 0.3 is 0 Å². The second-order valence-corrected chi connectivity index (χ2v) is 4.75. The molecule has 1 aromatic heterocycles. The second-order valence-electron chi connectivity index (χ2n) is 4.75. The molecule has 0 amide bonds.